The van der Waals surface area contributed by atoms with E-state index in [-0.39, 0.29) is 188 Å². The van der Waals surface area contributed by atoms with E-state index in [1.165, 1.54) is 27.4 Å². The standard InChI is InChI=1S/C15H24O3.C13H23NO2.C13H22O2.C12H19NO3.C12H20O2.C11H20O.C11H18O.C10H17NO2.C8H17NO2S/c1-11(2)10-13(17)7-6-12(16)8-9-14(18)15(3,4)5;1-6-7-11(15)8-9-12(16)14(5)10-13(2,3)4;1-10(2)6-7-11(14)8-9-12(15)13(3,4)5;1-5-11(16)13-8-9(14)6-7-10(15)12(2,3)4;1-5-10(13)8-6-7-9-11(14)12(2,3)4;2*1-10(2,3)8-7-9(12)11(4,5)6;1-6-9(13)11(5)7-8(12)10(2,3)4;1-6-12(10,11)9(5)7-8(2,3)4/h10H,6-9H2,1-5H3;6-7H,8-10H2,1-5H3;6-7,10H,8-9H2,1-5H3;5H,1,6-8H2,2-4H3,(H,13,16);5H,1,6-9H2,2-4H3;7-8H,1-6H3;1-6H3;6H,1,7H2,2-5H3;6H,1,7H2,2-5H3/b;2*7-6+;;;8-7+;;;. The highest BCUT2D eigenvalue weighted by Crippen LogP contribution is 2.25. The van der Waals surface area contributed by atoms with E-state index in [1.807, 2.05) is 227 Å². The molecule has 0 heterocycles. The molecule has 734 valence electrons. The van der Waals surface area contributed by atoms with Crippen molar-refractivity contribution in [1.29, 1.82) is 0 Å². The Kier molecular flexibility index (Phi) is 69.9. The lowest BCUT2D eigenvalue weighted by Crippen LogP contribution is -2.36. The topological polar surface area (TPSA) is 329 Å². The van der Waals surface area contributed by atoms with E-state index >= 15 is 0 Å². The van der Waals surface area contributed by atoms with Crippen molar-refractivity contribution >= 4 is 103 Å². The summed E-state index contributed by atoms with van der Waals surface area (Å²) in [5.41, 5.74) is -1.33. The monoisotopic (exact) mass is 1820 g/mol. The molecular weight excluding hydrogens is 1640 g/mol. The third-order valence-corrected chi connectivity index (χ3v) is 18.2. The fraction of sp³-hybridized carbons (Fsp3) is 0.676. The van der Waals surface area contributed by atoms with Crippen LogP contribution in [-0.2, 0) is 86.7 Å². The molecule has 0 aliphatic carbocycles. The molecule has 0 bridgehead atoms. The number of carbonyl (C=O) groups excluding carboxylic acids is 16. The van der Waals surface area contributed by atoms with Crippen LogP contribution in [0.1, 0.15) is 353 Å². The maximum Gasteiger partial charge on any atom is 0.246 e. The minimum absolute atomic E-state index is 0.0110. The van der Waals surface area contributed by atoms with Gasteiger partial charge in [0.25, 0.3) is 0 Å². The van der Waals surface area contributed by atoms with Gasteiger partial charge in [0.1, 0.15) is 28.9 Å². The summed E-state index contributed by atoms with van der Waals surface area (Å²) in [5, 5.41) is 3.35. The van der Waals surface area contributed by atoms with Crippen LogP contribution in [0.2, 0.25) is 0 Å². The van der Waals surface area contributed by atoms with Crippen molar-refractivity contribution in [3.05, 3.63) is 98.1 Å². The Bertz CT molecular complexity index is 3890. The van der Waals surface area contributed by atoms with Crippen LogP contribution in [0.25, 0.3) is 0 Å². The van der Waals surface area contributed by atoms with Gasteiger partial charge in [-0.05, 0) is 125 Å². The number of Topliss-reactive ketones (excluding diaryl/α,β-unsaturated/α-hetero) is 8. The van der Waals surface area contributed by atoms with Crippen LogP contribution >= 0.6 is 0 Å². The van der Waals surface area contributed by atoms with Gasteiger partial charge in [-0.2, -0.15) is 0 Å². The van der Waals surface area contributed by atoms with Gasteiger partial charge in [-0.3, -0.25) is 76.7 Å². The Balaban J connectivity index is -0.000000178. The Labute approximate surface area is 778 Å². The summed E-state index contributed by atoms with van der Waals surface area (Å²) in [4.78, 5) is 184. The fourth-order valence-electron chi connectivity index (χ4n) is 8.51. The van der Waals surface area contributed by atoms with Gasteiger partial charge in [0.2, 0.25) is 33.5 Å². The van der Waals surface area contributed by atoms with Crippen molar-refractivity contribution in [2.24, 2.45) is 65.5 Å². The van der Waals surface area contributed by atoms with Crippen LogP contribution in [0, 0.1) is 77.3 Å². The van der Waals surface area contributed by atoms with E-state index in [2.05, 4.69) is 85.0 Å². The third-order valence-electron chi connectivity index (χ3n) is 16.8. The average molecular weight is 1820 g/mol. The zero-order chi connectivity index (χ0) is 104. The predicted molar refractivity (Wildman–Crippen MR) is 529 cm³/mol. The maximum absolute atomic E-state index is 11.7. The van der Waals surface area contributed by atoms with Gasteiger partial charge in [-0.1, -0.05) is 278 Å². The molecule has 3 amide bonds. The van der Waals surface area contributed by atoms with Gasteiger partial charge in [0.05, 0.1) is 13.1 Å². The number of likely N-dealkylation sites (N-methyl/N-ethyl adjacent to an activating group) is 1. The number of nitrogens with zero attached hydrogens (tertiary/aromatic N) is 3. The maximum atomic E-state index is 11.7. The first-order valence-corrected chi connectivity index (χ1v) is 45.8. The number of ketones is 13. The van der Waals surface area contributed by atoms with Gasteiger partial charge in [0.15, 0.2) is 40.5 Å². The van der Waals surface area contributed by atoms with Crippen LogP contribution in [0.4, 0.5) is 0 Å². The summed E-state index contributed by atoms with van der Waals surface area (Å²) in [5.74, 6) is 6.16. The van der Waals surface area contributed by atoms with Crippen molar-refractivity contribution in [3.8, 4) is 11.8 Å². The molecule has 0 spiro atoms. The van der Waals surface area contributed by atoms with Crippen molar-refractivity contribution < 1.29 is 85.1 Å². The molecule has 22 nitrogen and oxygen atoms in total. The number of allylic oxidation sites excluding steroid dienone is 9. The summed E-state index contributed by atoms with van der Waals surface area (Å²) in [7, 11) is 1.70. The molecule has 1 N–H and O–H groups in total. The summed E-state index contributed by atoms with van der Waals surface area (Å²) in [6.45, 7) is 87.9. The first kappa shape index (κ1) is 137. The van der Waals surface area contributed by atoms with Crippen LogP contribution in [0.5, 0.6) is 0 Å². The molecule has 0 fully saturated rings. The van der Waals surface area contributed by atoms with Gasteiger partial charge in [-0.25, -0.2) is 12.7 Å². The van der Waals surface area contributed by atoms with Gasteiger partial charge in [-0.15, -0.1) is 0 Å². The number of rotatable bonds is 36. The second-order valence-corrected chi connectivity index (χ2v) is 46.1. The molecule has 0 aromatic carbocycles. The number of amides is 3. The number of unbranched alkanes of at least 4 members (excludes halogenated alkanes) is 1. The van der Waals surface area contributed by atoms with Gasteiger partial charge >= 0.3 is 0 Å². The smallest absolute Gasteiger partial charge is 0.246 e. The Morgan fingerprint density at radius 2 is 0.789 bits per heavy atom. The lowest BCUT2D eigenvalue weighted by molar-refractivity contribution is -0.133. The van der Waals surface area contributed by atoms with E-state index < -0.39 is 26.3 Å². The third kappa shape index (κ3) is 92.2. The Morgan fingerprint density at radius 3 is 1.13 bits per heavy atom. The molecule has 0 atom stereocenters. The molecule has 128 heavy (non-hydrogen) atoms. The molecule has 0 aliphatic heterocycles. The molecule has 0 aromatic rings. The molecule has 0 aromatic heterocycles. The summed E-state index contributed by atoms with van der Waals surface area (Å²) < 4.78 is 23.7. The van der Waals surface area contributed by atoms with Crippen LogP contribution in [0.3, 0.4) is 0 Å². The number of sulfonamides is 1. The van der Waals surface area contributed by atoms with E-state index in [0.717, 1.165) is 29.9 Å². The quantitative estimate of drug-likeness (QED) is 0.0263. The molecule has 0 aliphatic rings. The number of hydrogen-bond acceptors (Lipinski definition) is 18. The van der Waals surface area contributed by atoms with Crippen molar-refractivity contribution in [1.82, 2.24) is 19.4 Å². The fourth-order valence-corrected chi connectivity index (χ4v) is 9.33. The zero-order valence-corrected chi connectivity index (χ0v) is 88.9. The number of hydrogen-bond donors (Lipinski definition) is 1. The second kappa shape index (κ2) is 65.1. The first-order valence-electron chi connectivity index (χ1n) is 44.3. The summed E-state index contributed by atoms with van der Waals surface area (Å²) in [6.07, 6.45) is 20.9. The zero-order valence-electron chi connectivity index (χ0n) is 88.1. The van der Waals surface area contributed by atoms with Crippen LogP contribution in [0.15, 0.2) is 98.1 Å². The van der Waals surface area contributed by atoms with Crippen molar-refractivity contribution in [3.63, 3.8) is 0 Å². The normalized spacial score (nSPS) is 11.8. The van der Waals surface area contributed by atoms with E-state index in [4.69, 9.17) is 0 Å². The van der Waals surface area contributed by atoms with Crippen LogP contribution < -0.4 is 5.32 Å². The second-order valence-electron chi connectivity index (χ2n) is 44.1. The highest BCUT2D eigenvalue weighted by Gasteiger charge is 2.28. The molecule has 0 saturated heterocycles. The Hall–Kier alpha value is -8.49. The highest BCUT2D eigenvalue weighted by atomic mass is 32.2. The van der Waals surface area contributed by atoms with E-state index in [9.17, 15) is 85.1 Å². The Morgan fingerprint density at radius 1 is 0.406 bits per heavy atom. The minimum Gasteiger partial charge on any atom is -0.345 e. The lowest BCUT2D eigenvalue weighted by Gasteiger charge is -2.26. The van der Waals surface area contributed by atoms with Crippen molar-refractivity contribution in [2.45, 2.75) is 353 Å². The molecule has 0 unspecified atom stereocenters. The average Bonchev–Trinajstić information content (AvgIpc) is 0.862. The first-order chi connectivity index (χ1) is 57.0. The lowest BCUT2D eigenvalue weighted by atomic mass is 9.87. The summed E-state index contributed by atoms with van der Waals surface area (Å²) in [6, 6.07) is 0. The van der Waals surface area contributed by atoms with Crippen molar-refractivity contribution in [2.75, 3.05) is 47.3 Å². The van der Waals surface area contributed by atoms with Gasteiger partial charge in [0, 0.05) is 160 Å². The predicted octanol–water partition coefficient (Wildman–Crippen LogP) is 21.6. The molecular formula is C105H180N4O18S. The number of nitrogens with one attached hydrogen (secondary N) is 1. The van der Waals surface area contributed by atoms with E-state index in [1.54, 1.807) is 57.3 Å². The molecule has 23 heteroatoms. The van der Waals surface area contributed by atoms with Crippen LogP contribution in [-0.4, -0.2) is 163 Å². The SMILES string of the molecule is C/C=C/C(=O)CCC(=O)N(C)CC(C)(C)C.C=CC(=O)CCCCC(=O)C(C)(C)C.C=CC(=O)N(C)CC(=O)C(C)(C)C.C=CC(=O)NCC(=O)CCC(=O)C(C)(C)C.C=CS(=O)(=O)N(C)CC(C)(C)C.CC(C)(C)/C=C/C(=O)C(C)(C)C.CC(C)(C)C#CC(=O)C(C)(C)C.CC(C)/C=C/C(=O)CCC(=O)C(C)(C)C.CC(C)=CC(=O)CCC(=O)CCC(=O)C(C)(C)C. The molecule has 0 radical (unpaired) electrons. The number of carbonyl (C=O) groups is 16. The highest BCUT2D eigenvalue weighted by molar-refractivity contribution is 7.92. The molecule has 0 rings (SSSR count). The van der Waals surface area contributed by atoms with E-state index in [0.29, 0.717) is 57.5 Å². The largest absolute Gasteiger partial charge is 0.345 e. The minimum atomic E-state index is -3.23. The summed E-state index contributed by atoms with van der Waals surface area (Å²) >= 11 is 0. The molecule has 0 saturated carbocycles. The van der Waals surface area contributed by atoms with Gasteiger partial charge < -0.3 is 15.1 Å².